The van der Waals surface area contributed by atoms with E-state index in [1.165, 1.54) is 18.0 Å². The zero-order valence-electron chi connectivity index (χ0n) is 10.5. The van der Waals surface area contributed by atoms with Crippen LogP contribution in [-0.4, -0.2) is 19.6 Å². The fourth-order valence-corrected chi connectivity index (χ4v) is 1.37. The van der Waals surface area contributed by atoms with E-state index in [1.54, 1.807) is 13.0 Å². The summed E-state index contributed by atoms with van der Waals surface area (Å²) in [6, 6.07) is 4.68. The Bertz CT molecular complexity index is 550. The van der Waals surface area contributed by atoms with Crippen molar-refractivity contribution in [1.82, 2.24) is 0 Å². The number of anilines is 1. The highest BCUT2D eigenvalue weighted by Crippen LogP contribution is 2.19. The number of hydrogen-bond donors (Lipinski definition) is 0. The number of carbonyl (C=O) groups is 1. The number of nitriles is 1. The standard InChI is InChI=1S/C13H12F2N2O2/c1-3-19-13(18)9(7-16)8-17(2)12-5-4-10(14)6-11(12)15/h4-6,8H,3H2,1-2H3. The fourth-order valence-electron chi connectivity index (χ4n) is 1.37. The van der Waals surface area contributed by atoms with Crippen LogP contribution in [0.15, 0.2) is 30.0 Å². The van der Waals surface area contributed by atoms with Gasteiger partial charge >= 0.3 is 5.97 Å². The van der Waals surface area contributed by atoms with Gasteiger partial charge in [0.15, 0.2) is 5.57 Å². The summed E-state index contributed by atoms with van der Waals surface area (Å²) in [6.45, 7) is 1.74. The van der Waals surface area contributed by atoms with Crippen molar-refractivity contribution in [2.45, 2.75) is 6.92 Å². The smallest absolute Gasteiger partial charge is 0.350 e. The molecule has 0 amide bonds. The van der Waals surface area contributed by atoms with Gasteiger partial charge in [0, 0.05) is 19.3 Å². The van der Waals surface area contributed by atoms with Gasteiger partial charge in [-0.25, -0.2) is 13.6 Å². The SMILES string of the molecule is CCOC(=O)C(C#N)=CN(C)c1ccc(F)cc1F. The van der Waals surface area contributed by atoms with Gasteiger partial charge in [-0.1, -0.05) is 0 Å². The summed E-state index contributed by atoms with van der Waals surface area (Å²) in [5, 5.41) is 8.83. The third-order valence-corrected chi connectivity index (χ3v) is 2.23. The lowest BCUT2D eigenvalue weighted by Crippen LogP contribution is -2.15. The van der Waals surface area contributed by atoms with Crippen LogP contribution in [0.25, 0.3) is 0 Å². The number of hydrogen-bond acceptors (Lipinski definition) is 4. The Morgan fingerprint density at radius 1 is 1.53 bits per heavy atom. The molecule has 100 valence electrons. The number of carbonyl (C=O) groups excluding carboxylic acids is 1. The predicted molar refractivity (Wildman–Crippen MR) is 65.1 cm³/mol. The molecule has 0 aliphatic rings. The zero-order chi connectivity index (χ0) is 14.4. The minimum absolute atomic E-state index is 0.0402. The van der Waals surface area contributed by atoms with Crippen LogP contribution in [0, 0.1) is 23.0 Å². The van der Waals surface area contributed by atoms with Crippen LogP contribution < -0.4 is 4.90 Å². The summed E-state index contributed by atoms with van der Waals surface area (Å²) in [7, 11) is 1.44. The van der Waals surface area contributed by atoms with Crippen molar-refractivity contribution in [3.63, 3.8) is 0 Å². The van der Waals surface area contributed by atoms with E-state index in [0.717, 1.165) is 18.3 Å². The Balaban J connectivity index is 3.02. The van der Waals surface area contributed by atoms with Gasteiger partial charge in [0.25, 0.3) is 0 Å². The average molecular weight is 266 g/mol. The second-order valence-corrected chi connectivity index (χ2v) is 3.58. The molecule has 0 heterocycles. The molecule has 0 aliphatic carbocycles. The predicted octanol–water partition coefficient (Wildman–Crippen LogP) is 2.37. The molecule has 1 aromatic rings. The molecule has 0 spiro atoms. The molecule has 4 nitrogen and oxygen atoms in total. The first-order valence-electron chi connectivity index (χ1n) is 5.46. The summed E-state index contributed by atoms with van der Waals surface area (Å²) in [5.41, 5.74) is -0.230. The van der Waals surface area contributed by atoms with Gasteiger partial charge in [-0.2, -0.15) is 5.26 Å². The number of nitrogens with zero attached hydrogens (tertiary/aromatic N) is 2. The molecule has 0 radical (unpaired) electrons. The molecule has 0 N–H and O–H groups in total. The second-order valence-electron chi connectivity index (χ2n) is 3.58. The van der Waals surface area contributed by atoms with Gasteiger partial charge < -0.3 is 9.64 Å². The lowest BCUT2D eigenvalue weighted by Gasteiger charge is -2.15. The van der Waals surface area contributed by atoms with Crippen LogP contribution in [0.4, 0.5) is 14.5 Å². The Morgan fingerprint density at radius 3 is 2.74 bits per heavy atom. The molecule has 1 rings (SSSR count). The minimum atomic E-state index is -0.792. The molecule has 0 aliphatic heterocycles. The summed E-state index contributed by atoms with van der Waals surface area (Å²) in [6.07, 6.45) is 1.13. The monoisotopic (exact) mass is 266 g/mol. The van der Waals surface area contributed by atoms with Gasteiger partial charge in [0.05, 0.1) is 12.3 Å². The fraction of sp³-hybridized carbons (Fsp3) is 0.231. The van der Waals surface area contributed by atoms with Crippen molar-refractivity contribution in [2.24, 2.45) is 0 Å². The van der Waals surface area contributed by atoms with Crippen LogP contribution in [0.1, 0.15) is 6.92 Å². The quantitative estimate of drug-likeness (QED) is 0.477. The van der Waals surface area contributed by atoms with Gasteiger partial charge in [-0.15, -0.1) is 0 Å². The Hall–Kier alpha value is -2.42. The lowest BCUT2D eigenvalue weighted by atomic mass is 10.2. The van der Waals surface area contributed by atoms with Crippen LogP contribution in [0.5, 0.6) is 0 Å². The van der Waals surface area contributed by atoms with Crippen LogP contribution in [-0.2, 0) is 9.53 Å². The maximum atomic E-state index is 13.5. The molecule has 0 unspecified atom stereocenters. The minimum Gasteiger partial charge on any atom is -0.462 e. The zero-order valence-corrected chi connectivity index (χ0v) is 10.5. The van der Waals surface area contributed by atoms with E-state index in [4.69, 9.17) is 5.26 Å². The van der Waals surface area contributed by atoms with E-state index in [9.17, 15) is 13.6 Å². The molecule has 0 fully saturated rings. The van der Waals surface area contributed by atoms with E-state index in [1.807, 2.05) is 0 Å². The molecule has 0 saturated heterocycles. The van der Waals surface area contributed by atoms with E-state index in [2.05, 4.69) is 4.74 Å². The third-order valence-electron chi connectivity index (χ3n) is 2.23. The summed E-state index contributed by atoms with van der Waals surface area (Å²) in [4.78, 5) is 12.6. The highest BCUT2D eigenvalue weighted by atomic mass is 19.1. The number of rotatable bonds is 4. The first-order valence-corrected chi connectivity index (χ1v) is 5.46. The maximum absolute atomic E-state index is 13.5. The number of esters is 1. The number of ether oxygens (including phenoxy) is 1. The van der Waals surface area contributed by atoms with Crippen LogP contribution >= 0.6 is 0 Å². The van der Waals surface area contributed by atoms with Crippen molar-refractivity contribution in [2.75, 3.05) is 18.6 Å². The Labute approximate surface area is 109 Å². The van der Waals surface area contributed by atoms with Gasteiger partial charge in [0.2, 0.25) is 0 Å². The van der Waals surface area contributed by atoms with E-state index in [-0.39, 0.29) is 17.9 Å². The third kappa shape index (κ3) is 3.78. The maximum Gasteiger partial charge on any atom is 0.350 e. The molecular formula is C13H12F2N2O2. The van der Waals surface area contributed by atoms with Gasteiger partial charge in [-0.05, 0) is 19.1 Å². The van der Waals surface area contributed by atoms with Crippen LogP contribution in [0.3, 0.4) is 0 Å². The summed E-state index contributed by atoms with van der Waals surface area (Å²) >= 11 is 0. The second kappa shape index (κ2) is 6.50. The Kier molecular flexibility index (Phi) is 5.01. The van der Waals surface area contributed by atoms with Crippen molar-refractivity contribution in [3.05, 3.63) is 41.6 Å². The first-order chi connectivity index (χ1) is 8.99. The van der Waals surface area contributed by atoms with Crippen molar-refractivity contribution in [3.8, 4) is 6.07 Å². The van der Waals surface area contributed by atoms with Gasteiger partial charge in [-0.3, -0.25) is 0 Å². The van der Waals surface area contributed by atoms with Crippen molar-refractivity contribution >= 4 is 11.7 Å². The van der Waals surface area contributed by atoms with E-state index >= 15 is 0 Å². The molecular weight excluding hydrogens is 254 g/mol. The highest BCUT2D eigenvalue weighted by Gasteiger charge is 2.13. The molecule has 19 heavy (non-hydrogen) atoms. The normalized spacial score (nSPS) is 10.8. The van der Waals surface area contributed by atoms with Crippen molar-refractivity contribution < 1.29 is 18.3 Å². The highest BCUT2D eigenvalue weighted by molar-refractivity contribution is 5.93. The molecule has 0 saturated carbocycles. The molecule has 6 heteroatoms. The molecule has 0 bridgehead atoms. The van der Waals surface area contributed by atoms with E-state index < -0.39 is 17.6 Å². The Morgan fingerprint density at radius 2 is 2.21 bits per heavy atom. The molecule has 1 aromatic carbocycles. The van der Waals surface area contributed by atoms with Crippen molar-refractivity contribution in [1.29, 1.82) is 5.26 Å². The average Bonchev–Trinajstić information content (AvgIpc) is 2.35. The number of benzene rings is 1. The molecule has 0 atom stereocenters. The van der Waals surface area contributed by atoms with Crippen LogP contribution in [0.2, 0.25) is 0 Å². The number of halogens is 2. The molecule has 0 aromatic heterocycles. The lowest BCUT2D eigenvalue weighted by molar-refractivity contribution is -0.138. The topological polar surface area (TPSA) is 53.3 Å². The summed E-state index contributed by atoms with van der Waals surface area (Å²) in [5.74, 6) is -2.29. The van der Waals surface area contributed by atoms with Gasteiger partial charge in [0.1, 0.15) is 17.7 Å². The largest absolute Gasteiger partial charge is 0.462 e. The summed E-state index contributed by atoms with van der Waals surface area (Å²) < 4.78 is 30.9. The van der Waals surface area contributed by atoms with E-state index in [0.29, 0.717) is 0 Å². The first kappa shape index (κ1) is 14.6.